The molecular formula is C61H39NO2. The second kappa shape index (κ2) is 14.6. The first kappa shape index (κ1) is 36.3. The summed E-state index contributed by atoms with van der Waals surface area (Å²) < 4.78 is 13.1. The summed E-state index contributed by atoms with van der Waals surface area (Å²) in [6.45, 7) is 0. The largest absolute Gasteiger partial charge is 0.456 e. The monoisotopic (exact) mass is 817 g/mol. The molecule has 300 valence electrons. The topological polar surface area (TPSA) is 29.5 Å². The zero-order valence-electron chi connectivity index (χ0n) is 34.8. The third-order valence-corrected chi connectivity index (χ3v) is 13.1. The maximum atomic E-state index is 6.55. The highest BCUT2D eigenvalue weighted by atomic mass is 16.3. The van der Waals surface area contributed by atoms with Gasteiger partial charge in [-0.05, 0) is 92.5 Å². The molecule has 13 rings (SSSR count). The molecule has 0 spiro atoms. The minimum atomic E-state index is 0.792. The molecule has 3 heteroatoms. The van der Waals surface area contributed by atoms with Gasteiger partial charge in [0.25, 0.3) is 0 Å². The van der Waals surface area contributed by atoms with Crippen LogP contribution in [0.4, 0.5) is 17.1 Å². The summed E-state index contributed by atoms with van der Waals surface area (Å²) in [5.41, 5.74) is 21.1. The van der Waals surface area contributed by atoms with Crippen molar-refractivity contribution in [3.63, 3.8) is 0 Å². The highest BCUT2D eigenvalue weighted by Crippen LogP contribution is 2.57. The van der Waals surface area contributed by atoms with Gasteiger partial charge >= 0.3 is 0 Å². The van der Waals surface area contributed by atoms with Crippen molar-refractivity contribution in [2.75, 3.05) is 4.90 Å². The molecule has 2 heterocycles. The molecule has 0 unspecified atom stereocenters. The van der Waals surface area contributed by atoms with Crippen molar-refractivity contribution in [2.45, 2.75) is 6.42 Å². The van der Waals surface area contributed by atoms with Gasteiger partial charge in [-0.2, -0.15) is 0 Å². The first-order valence-corrected chi connectivity index (χ1v) is 22.0. The van der Waals surface area contributed by atoms with Crippen LogP contribution in [0.3, 0.4) is 0 Å². The standard InChI is InChI=1S/C61H39NO2/c1-3-19-39(20-4-1)49-38-50-42-24-8-7-23-41(42)37-51(50)61(58(49)40-21-5-2-6-22-40)62(52-31-13-9-25-43(52)45-29-17-35-56-59(45)47-27-11-15-33-54(47)63-56)53-32-14-10-26-44(53)46-30-18-36-57-60(46)48-28-12-16-34-55(48)64-57/h1-36,38H,37H2. The number of para-hydroxylation sites is 4. The van der Waals surface area contributed by atoms with E-state index in [2.05, 4.69) is 217 Å². The molecule has 3 nitrogen and oxygen atoms in total. The van der Waals surface area contributed by atoms with Crippen LogP contribution in [0.1, 0.15) is 11.1 Å². The summed E-state index contributed by atoms with van der Waals surface area (Å²) in [5.74, 6) is 0. The van der Waals surface area contributed by atoms with Gasteiger partial charge in [-0.1, -0.05) is 182 Å². The van der Waals surface area contributed by atoms with Crippen molar-refractivity contribution in [1.29, 1.82) is 0 Å². The molecule has 0 amide bonds. The first-order valence-electron chi connectivity index (χ1n) is 22.0. The molecule has 0 saturated heterocycles. The fourth-order valence-electron chi connectivity index (χ4n) is 10.4. The van der Waals surface area contributed by atoms with Gasteiger partial charge in [0.2, 0.25) is 0 Å². The molecule has 12 aromatic rings. The minimum Gasteiger partial charge on any atom is -0.456 e. The summed E-state index contributed by atoms with van der Waals surface area (Å²) in [7, 11) is 0. The van der Waals surface area contributed by atoms with E-state index in [1.807, 2.05) is 12.1 Å². The molecule has 1 aliphatic rings. The van der Waals surface area contributed by atoms with Crippen molar-refractivity contribution in [3.8, 4) is 55.6 Å². The van der Waals surface area contributed by atoms with Crippen LogP contribution >= 0.6 is 0 Å². The Labute approximate surface area is 370 Å². The lowest BCUT2D eigenvalue weighted by atomic mass is 9.86. The fourth-order valence-corrected chi connectivity index (χ4v) is 10.4. The van der Waals surface area contributed by atoms with Crippen LogP contribution in [0.15, 0.2) is 233 Å². The van der Waals surface area contributed by atoms with Crippen molar-refractivity contribution in [1.82, 2.24) is 0 Å². The van der Waals surface area contributed by atoms with Gasteiger partial charge in [0.05, 0.1) is 17.1 Å². The predicted molar refractivity (Wildman–Crippen MR) is 266 cm³/mol. The summed E-state index contributed by atoms with van der Waals surface area (Å²) in [5, 5.41) is 4.40. The minimum absolute atomic E-state index is 0.792. The molecule has 0 atom stereocenters. The lowest BCUT2D eigenvalue weighted by Gasteiger charge is -2.34. The van der Waals surface area contributed by atoms with Crippen molar-refractivity contribution >= 4 is 60.9 Å². The van der Waals surface area contributed by atoms with E-state index in [4.69, 9.17) is 8.83 Å². The Morgan fingerprint density at radius 1 is 0.328 bits per heavy atom. The van der Waals surface area contributed by atoms with Crippen LogP contribution < -0.4 is 4.90 Å². The molecule has 0 radical (unpaired) electrons. The van der Waals surface area contributed by atoms with Crippen LogP contribution in [0, 0.1) is 0 Å². The number of hydrogen-bond acceptors (Lipinski definition) is 3. The summed E-state index contributed by atoms with van der Waals surface area (Å²) in [6, 6.07) is 80.9. The van der Waals surface area contributed by atoms with E-state index >= 15 is 0 Å². The Kier molecular flexibility index (Phi) is 8.28. The number of fused-ring (bicyclic) bond motifs is 9. The quantitative estimate of drug-likeness (QED) is 0.160. The van der Waals surface area contributed by atoms with Crippen LogP contribution in [0.5, 0.6) is 0 Å². The van der Waals surface area contributed by atoms with Crippen molar-refractivity contribution < 1.29 is 8.83 Å². The Bertz CT molecular complexity index is 3610. The Morgan fingerprint density at radius 3 is 1.38 bits per heavy atom. The molecule has 1 aliphatic carbocycles. The number of hydrogen-bond donors (Lipinski definition) is 0. The number of nitrogens with zero attached hydrogens (tertiary/aromatic N) is 1. The van der Waals surface area contributed by atoms with Gasteiger partial charge in [-0.25, -0.2) is 0 Å². The Balaban J connectivity index is 1.21. The molecule has 0 saturated carbocycles. The lowest BCUT2D eigenvalue weighted by molar-refractivity contribution is 0.668. The van der Waals surface area contributed by atoms with Gasteiger partial charge in [-0.15, -0.1) is 0 Å². The third kappa shape index (κ3) is 5.61. The SMILES string of the molecule is c1ccc(-c2cc3c(c(N(c4ccccc4-c4cccc5oc6ccccc6c45)c4ccccc4-c4cccc5oc6ccccc6c45)c2-c2ccccc2)Cc2ccccc2-3)cc1. The normalized spacial score (nSPS) is 12.0. The number of anilines is 3. The second-order valence-electron chi connectivity index (χ2n) is 16.7. The predicted octanol–water partition coefficient (Wildman–Crippen LogP) is 17.2. The molecule has 0 N–H and O–H groups in total. The zero-order chi connectivity index (χ0) is 42.1. The van der Waals surface area contributed by atoms with Gasteiger partial charge in [0.1, 0.15) is 22.3 Å². The molecule has 0 aliphatic heterocycles. The van der Waals surface area contributed by atoms with Gasteiger partial charge in [0.15, 0.2) is 0 Å². The summed E-state index contributed by atoms with van der Waals surface area (Å²) in [6.07, 6.45) is 0.792. The number of benzene rings is 10. The molecule has 0 fully saturated rings. The van der Waals surface area contributed by atoms with Gasteiger partial charge in [-0.3, -0.25) is 0 Å². The van der Waals surface area contributed by atoms with Crippen LogP contribution in [0.25, 0.3) is 99.5 Å². The fraction of sp³-hybridized carbons (Fsp3) is 0.0164. The van der Waals surface area contributed by atoms with Gasteiger partial charge in [0, 0.05) is 44.7 Å². The van der Waals surface area contributed by atoms with E-state index in [1.54, 1.807) is 0 Å². The smallest absolute Gasteiger partial charge is 0.136 e. The maximum Gasteiger partial charge on any atom is 0.136 e. The highest BCUT2D eigenvalue weighted by Gasteiger charge is 2.33. The molecule has 2 aromatic heterocycles. The van der Waals surface area contributed by atoms with E-state index in [1.165, 1.54) is 38.9 Å². The van der Waals surface area contributed by atoms with E-state index in [9.17, 15) is 0 Å². The Morgan fingerprint density at radius 2 is 0.781 bits per heavy atom. The number of rotatable bonds is 7. The van der Waals surface area contributed by atoms with Crippen LogP contribution in [-0.2, 0) is 6.42 Å². The van der Waals surface area contributed by atoms with Crippen LogP contribution in [-0.4, -0.2) is 0 Å². The first-order chi connectivity index (χ1) is 31.8. The highest BCUT2D eigenvalue weighted by molar-refractivity contribution is 6.17. The van der Waals surface area contributed by atoms with Gasteiger partial charge < -0.3 is 13.7 Å². The lowest BCUT2D eigenvalue weighted by Crippen LogP contribution is -2.16. The second-order valence-corrected chi connectivity index (χ2v) is 16.7. The average Bonchev–Trinajstić information content (AvgIpc) is 4.06. The maximum absolute atomic E-state index is 6.55. The molecule has 0 bridgehead atoms. The Hall–Kier alpha value is -8.40. The molecular weight excluding hydrogens is 779 g/mol. The van der Waals surface area contributed by atoms with Crippen LogP contribution in [0.2, 0.25) is 0 Å². The van der Waals surface area contributed by atoms with E-state index in [0.29, 0.717) is 0 Å². The van der Waals surface area contributed by atoms with Crippen molar-refractivity contribution in [2.24, 2.45) is 0 Å². The van der Waals surface area contributed by atoms with E-state index in [0.717, 1.165) is 95.2 Å². The van der Waals surface area contributed by atoms with E-state index in [-0.39, 0.29) is 0 Å². The summed E-state index contributed by atoms with van der Waals surface area (Å²) in [4.78, 5) is 2.59. The number of furan rings is 2. The molecule has 10 aromatic carbocycles. The average molecular weight is 818 g/mol. The zero-order valence-corrected chi connectivity index (χ0v) is 34.8. The third-order valence-electron chi connectivity index (χ3n) is 13.1. The van der Waals surface area contributed by atoms with Crippen molar-refractivity contribution in [3.05, 3.63) is 236 Å². The summed E-state index contributed by atoms with van der Waals surface area (Å²) >= 11 is 0. The molecule has 64 heavy (non-hydrogen) atoms. The van der Waals surface area contributed by atoms with E-state index < -0.39 is 0 Å².